The molecule has 0 radical (unpaired) electrons. The van der Waals surface area contributed by atoms with E-state index in [4.69, 9.17) is 9.47 Å². The van der Waals surface area contributed by atoms with Gasteiger partial charge in [-0.25, -0.2) is 0 Å². The highest BCUT2D eigenvalue weighted by atomic mass is 16.5. The van der Waals surface area contributed by atoms with Crippen LogP contribution in [-0.2, 0) is 0 Å². The number of fused-ring (bicyclic) bond motifs is 1. The summed E-state index contributed by atoms with van der Waals surface area (Å²) in [6.45, 7) is 5.47. The summed E-state index contributed by atoms with van der Waals surface area (Å²) >= 11 is 0. The highest BCUT2D eigenvalue weighted by molar-refractivity contribution is 5.75. The van der Waals surface area contributed by atoms with E-state index in [1.165, 1.54) is 4.80 Å². The molecular formula is C19H23N3O3. The van der Waals surface area contributed by atoms with Crippen molar-refractivity contribution in [2.45, 2.75) is 33.1 Å². The normalized spacial score (nSPS) is 11.0. The van der Waals surface area contributed by atoms with Crippen LogP contribution in [0.3, 0.4) is 0 Å². The maximum Gasteiger partial charge on any atom is 0.146 e. The third kappa shape index (κ3) is 4.02. The maximum absolute atomic E-state index is 10.3. The Labute approximate surface area is 147 Å². The Morgan fingerprint density at radius 3 is 2.36 bits per heavy atom. The smallest absolute Gasteiger partial charge is 0.146 e. The molecule has 132 valence electrons. The SMILES string of the molecule is CCCCOc1ccc2nn(-c3ccc(OCCC)cc3O)nc2c1. The van der Waals surface area contributed by atoms with Crippen LogP contribution in [0.2, 0.25) is 0 Å². The fourth-order valence-corrected chi connectivity index (χ4v) is 2.41. The van der Waals surface area contributed by atoms with Crippen molar-refractivity contribution in [1.82, 2.24) is 15.0 Å². The molecule has 0 spiro atoms. The zero-order valence-electron chi connectivity index (χ0n) is 14.6. The summed E-state index contributed by atoms with van der Waals surface area (Å²) in [7, 11) is 0. The molecule has 0 amide bonds. The molecule has 0 unspecified atom stereocenters. The molecule has 1 aromatic heterocycles. The fraction of sp³-hybridized carbons (Fsp3) is 0.368. The second-order valence-corrected chi connectivity index (χ2v) is 5.84. The molecule has 1 heterocycles. The van der Waals surface area contributed by atoms with Gasteiger partial charge < -0.3 is 14.6 Å². The molecule has 0 saturated carbocycles. The molecule has 0 aliphatic rings. The largest absolute Gasteiger partial charge is 0.505 e. The molecule has 0 saturated heterocycles. The molecule has 1 N–H and O–H groups in total. The molecule has 0 bridgehead atoms. The molecular weight excluding hydrogens is 318 g/mol. The summed E-state index contributed by atoms with van der Waals surface area (Å²) in [6.07, 6.45) is 3.03. The molecule has 0 aliphatic heterocycles. The van der Waals surface area contributed by atoms with Gasteiger partial charge in [0.05, 0.1) is 13.2 Å². The molecule has 0 aliphatic carbocycles. The number of nitrogens with zero attached hydrogens (tertiary/aromatic N) is 3. The van der Waals surface area contributed by atoms with Crippen LogP contribution in [0.4, 0.5) is 0 Å². The van der Waals surface area contributed by atoms with E-state index < -0.39 is 0 Å². The summed E-state index contributed by atoms with van der Waals surface area (Å²) in [5.74, 6) is 1.49. The molecule has 0 atom stereocenters. The number of rotatable bonds is 8. The third-order valence-electron chi connectivity index (χ3n) is 3.75. The van der Waals surface area contributed by atoms with Gasteiger partial charge in [0.2, 0.25) is 0 Å². The third-order valence-corrected chi connectivity index (χ3v) is 3.75. The number of phenols is 1. The average molecular weight is 341 g/mol. The predicted molar refractivity (Wildman–Crippen MR) is 96.7 cm³/mol. The number of aromatic nitrogens is 3. The van der Waals surface area contributed by atoms with Crippen molar-refractivity contribution in [1.29, 1.82) is 0 Å². The van der Waals surface area contributed by atoms with E-state index >= 15 is 0 Å². The molecule has 6 heteroatoms. The van der Waals surface area contributed by atoms with Crippen LogP contribution >= 0.6 is 0 Å². The number of hydrogen-bond donors (Lipinski definition) is 1. The quantitative estimate of drug-likeness (QED) is 0.625. The van der Waals surface area contributed by atoms with E-state index in [-0.39, 0.29) is 5.75 Å². The summed E-state index contributed by atoms with van der Waals surface area (Å²) in [5, 5.41) is 19.1. The Hall–Kier alpha value is -2.76. The van der Waals surface area contributed by atoms with Crippen LogP contribution in [0.1, 0.15) is 33.1 Å². The molecule has 3 aromatic rings. The van der Waals surface area contributed by atoms with Crippen LogP contribution < -0.4 is 9.47 Å². The Bertz CT molecular complexity index is 845. The van der Waals surface area contributed by atoms with Crippen molar-refractivity contribution >= 4 is 11.0 Å². The minimum Gasteiger partial charge on any atom is -0.505 e. The monoisotopic (exact) mass is 341 g/mol. The molecule has 0 fully saturated rings. The lowest BCUT2D eigenvalue weighted by atomic mass is 10.3. The minimum absolute atomic E-state index is 0.0772. The van der Waals surface area contributed by atoms with Crippen molar-refractivity contribution in [2.75, 3.05) is 13.2 Å². The topological polar surface area (TPSA) is 69.4 Å². The molecule has 6 nitrogen and oxygen atoms in total. The molecule has 3 rings (SSSR count). The maximum atomic E-state index is 10.3. The lowest BCUT2D eigenvalue weighted by molar-refractivity contribution is 0.310. The summed E-state index contributed by atoms with van der Waals surface area (Å²) < 4.78 is 11.2. The van der Waals surface area contributed by atoms with E-state index in [0.29, 0.717) is 24.7 Å². The van der Waals surface area contributed by atoms with Gasteiger partial charge in [-0.05, 0) is 37.1 Å². The first-order chi connectivity index (χ1) is 12.2. The van der Waals surface area contributed by atoms with Crippen LogP contribution in [0, 0.1) is 0 Å². The van der Waals surface area contributed by atoms with Gasteiger partial charge in [0.15, 0.2) is 0 Å². The second-order valence-electron chi connectivity index (χ2n) is 5.84. The number of benzene rings is 2. The number of phenolic OH excluding ortho intramolecular Hbond substituents is 1. The van der Waals surface area contributed by atoms with Gasteiger partial charge in [0.25, 0.3) is 0 Å². The average Bonchev–Trinajstić information content (AvgIpc) is 3.03. The first-order valence-corrected chi connectivity index (χ1v) is 8.67. The molecule has 2 aromatic carbocycles. The number of hydrogen-bond acceptors (Lipinski definition) is 5. The minimum atomic E-state index is 0.0772. The van der Waals surface area contributed by atoms with E-state index in [1.54, 1.807) is 18.2 Å². The van der Waals surface area contributed by atoms with Crippen LogP contribution in [0.5, 0.6) is 17.2 Å². The lowest BCUT2D eigenvalue weighted by Gasteiger charge is -2.07. The Balaban J connectivity index is 1.83. The summed E-state index contributed by atoms with van der Waals surface area (Å²) in [5.41, 5.74) is 1.97. The van der Waals surface area contributed by atoms with Gasteiger partial charge in [-0.15, -0.1) is 15.0 Å². The zero-order chi connectivity index (χ0) is 17.6. The van der Waals surface area contributed by atoms with Crippen molar-refractivity contribution < 1.29 is 14.6 Å². The Kier molecular flexibility index (Phi) is 5.38. The van der Waals surface area contributed by atoms with Gasteiger partial charge in [-0.1, -0.05) is 20.3 Å². The summed E-state index contributed by atoms with van der Waals surface area (Å²) in [6, 6.07) is 10.8. The second kappa shape index (κ2) is 7.88. The van der Waals surface area contributed by atoms with Crippen LogP contribution in [0.15, 0.2) is 36.4 Å². The fourth-order valence-electron chi connectivity index (χ4n) is 2.41. The number of ether oxygens (including phenoxy) is 2. The van der Waals surface area contributed by atoms with E-state index in [9.17, 15) is 5.11 Å². The van der Waals surface area contributed by atoms with E-state index in [1.807, 2.05) is 25.1 Å². The number of unbranched alkanes of at least 4 members (excludes halogenated alkanes) is 1. The van der Waals surface area contributed by atoms with Crippen molar-refractivity contribution in [3.8, 4) is 22.9 Å². The Morgan fingerprint density at radius 1 is 0.880 bits per heavy atom. The van der Waals surface area contributed by atoms with Crippen molar-refractivity contribution in [3.63, 3.8) is 0 Å². The summed E-state index contributed by atoms with van der Waals surface area (Å²) in [4.78, 5) is 1.43. The van der Waals surface area contributed by atoms with E-state index in [2.05, 4.69) is 17.1 Å². The first-order valence-electron chi connectivity index (χ1n) is 8.67. The van der Waals surface area contributed by atoms with Crippen molar-refractivity contribution in [3.05, 3.63) is 36.4 Å². The van der Waals surface area contributed by atoms with Gasteiger partial charge in [-0.2, -0.15) is 0 Å². The number of aromatic hydroxyl groups is 1. The van der Waals surface area contributed by atoms with Crippen LogP contribution in [0.25, 0.3) is 16.7 Å². The standard InChI is InChI=1S/C19H23N3O3/c1-3-5-11-25-14-6-8-16-17(12-14)21-22(20-16)18-9-7-15(13-19(18)23)24-10-4-2/h6-9,12-13,23H,3-5,10-11H2,1-2H3. The highest BCUT2D eigenvalue weighted by Crippen LogP contribution is 2.27. The van der Waals surface area contributed by atoms with Gasteiger partial charge >= 0.3 is 0 Å². The van der Waals surface area contributed by atoms with Crippen molar-refractivity contribution in [2.24, 2.45) is 0 Å². The highest BCUT2D eigenvalue weighted by Gasteiger charge is 2.11. The van der Waals surface area contributed by atoms with Gasteiger partial charge in [-0.3, -0.25) is 0 Å². The Morgan fingerprint density at radius 2 is 1.60 bits per heavy atom. The van der Waals surface area contributed by atoms with E-state index in [0.717, 1.165) is 36.0 Å². The molecule has 25 heavy (non-hydrogen) atoms. The zero-order valence-corrected chi connectivity index (χ0v) is 14.6. The predicted octanol–water partition coefficient (Wildman–Crippen LogP) is 4.09. The van der Waals surface area contributed by atoms with Gasteiger partial charge in [0, 0.05) is 12.1 Å². The first kappa shape index (κ1) is 17.1. The lowest BCUT2D eigenvalue weighted by Crippen LogP contribution is -2.00. The van der Waals surface area contributed by atoms with Gasteiger partial charge in [0.1, 0.15) is 34.0 Å². The van der Waals surface area contributed by atoms with Crippen LogP contribution in [-0.4, -0.2) is 33.3 Å².